The quantitative estimate of drug-likeness (QED) is 0.150. The van der Waals surface area contributed by atoms with Gasteiger partial charge in [0.2, 0.25) is 0 Å². The Kier molecular flexibility index (Phi) is 6.52. The molecule has 6 aliphatic rings. The minimum Gasteiger partial charge on any atom is -0.419 e. The summed E-state index contributed by atoms with van der Waals surface area (Å²) in [6.45, 7) is 6.82. The van der Waals surface area contributed by atoms with Crippen LogP contribution in [-0.2, 0) is 28.5 Å². The highest BCUT2D eigenvalue weighted by Gasteiger charge is 2.85. The number of hydrogen-bond donors (Lipinski definition) is 0. The van der Waals surface area contributed by atoms with Crippen LogP contribution in [0.2, 0.25) is 0 Å². The minimum absolute atomic E-state index is 0.000959. The third-order valence-electron chi connectivity index (χ3n) is 11.4. The van der Waals surface area contributed by atoms with E-state index in [9.17, 15) is 9.59 Å². The molecule has 2 aromatic carbocycles. The van der Waals surface area contributed by atoms with Gasteiger partial charge >= 0.3 is 11.9 Å². The molecule has 7 nitrogen and oxygen atoms in total. The third-order valence-corrected chi connectivity index (χ3v) is 11.8. The Morgan fingerprint density at radius 2 is 1.70 bits per heavy atom. The highest BCUT2D eigenvalue weighted by Crippen LogP contribution is 2.75. The maximum Gasteiger partial charge on any atom is 0.343 e. The zero-order chi connectivity index (χ0) is 30.4. The maximum atomic E-state index is 13.5. The Morgan fingerprint density at radius 3 is 2.39 bits per heavy atom. The number of ether oxygens (including phenoxy) is 5. The number of benzene rings is 2. The average molecular weight is 615 g/mol. The van der Waals surface area contributed by atoms with Gasteiger partial charge in [-0.2, -0.15) is 0 Å². The molecule has 2 aromatic rings. The number of thioether (sulfide) groups is 1. The van der Waals surface area contributed by atoms with Gasteiger partial charge in [0.15, 0.2) is 11.5 Å². The molecular weight excluding hydrogens is 576 g/mol. The van der Waals surface area contributed by atoms with Gasteiger partial charge in [-0.25, -0.2) is 9.59 Å². The van der Waals surface area contributed by atoms with Crippen LogP contribution in [0.3, 0.4) is 0 Å². The minimum atomic E-state index is -0.495. The Hall–Kier alpha value is -2.91. The predicted octanol–water partition coefficient (Wildman–Crippen LogP) is 6.54. The Labute approximate surface area is 262 Å². The summed E-state index contributed by atoms with van der Waals surface area (Å²) < 4.78 is 32.3. The molecule has 1 spiro atoms. The molecule has 44 heavy (non-hydrogen) atoms. The van der Waals surface area contributed by atoms with Crippen molar-refractivity contribution in [1.29, 1.82) is 0 Å². The standard InChI is InChI=1S/C36H38O7S/c1-20(2)35-27(42-35)18-25-34(3)16-15-23-28(24(34)17-26-36(25,43-26)33(35)39-19-44-4)30(41-32(23)38)29(21-11-7-5-8-12-21)40-31(37)22-13-9-6-10-14-22/h5-14,20,24-27,33H,15-19H2,1-4H3/b30-29+/t24-,25?,26-,27-,33+,34-,35-,36+/m0/s1. The first-order valence-corrected chi connectivity index (χ1v) is 17.1. The zero-order valence-electron chi connectivity index (χ0n) is 25.5. The highest BCUT2D eigenvalue weighted by atomic mass is 32.2. The molecule has 2 saturated carbocycles. The van der Waals surface area contributed by atoms with Crippen molar-refractivity contribution >= 4 is 29.5 Å². The van der Waals surface area contributed by atoms with Crippen LogP contribution in [0.4, 0.5) is 0 Å². The molecule has 3 aliphatic heterocycles. The first kappa shape index (κ1) is 28.6. The SMILES string of the molecule is CSCO[C@@H]1[C@@]2(C(C)C)O[C@H]2CC2[C@]13O[C@H]3C[C@H]1C3=C(CC[C@]21C)C(=O)O/C3=C(/OC(=O)c1ccccc1)c1ccccc1. The molecule has 8 rings (SSSR count). The third kappa shape index (κ3) is 3.87. The second-order valence-electron chi connectivity index (χ2n) is 13.7. The van der Waals surface area contributed by atoms with E-state index in [2.05, 4.69) is 27.0 Å². The van der Waals surface area contributed by atoms with E-state index in [1.807, 2.05) is 36.4 Å². The fourth-order valence-electron chi connectivity index (χ4n) is 9.28. The van der Waals surface area contributed by atoms with Crippen LogP contribution < -0.4 is 0 Å². The fraction of sp³-hybridized carbons (Fsp3) is 0.500. The van der Waals surface area contributed by atoms with E-state index in [0.29, 0.717) is 40.7 Å². The fourth-order valence-corrected chi connectivity index (χ4v) is 9.55. The number of cyclic esters (lactones) is 1. The molecule has 3 aliphatic carbocycles. The molecule has 230 valence electrons. The van der Waals surface area contributed by atoms with Crippen molar-refractivity contribution < 1.29 is 33.3 Å². The number of rotatable bonds is 7. The summed E-state index contributed by atoms with van der Waals surface area (Å²) >= 11 is 1.68. The number of esters is 2. The van der Waals surface area contributed by atoms with Gasteiger partial charge in [-0.3, -0.25) is 0 Å². The number of epoxide rings is 2. The summed E-state index contributed by atoms with van der Waals surface area (Å²) in [4.78, 5) is 26.9. The van der Waals surface area contributed by atoms with Gasteiger partial charge in [0.25, 0.3) is 0 Å². The van der Waals surface area contributed by atoms with Crippen LogP contribution in [0.5, 0.6) is 0 Å². The lowest BCUT2D eigenvalue weighted by molar-refractivity contribution is -0.133. The van der Waals surface area contributed by atoms with Crippen molar-refractivity contribution in [3.63, 3.8) is 0 Å². The highest BCUT2D eigenvalue weighted by molar-refractivity contribution is 7.98. The Bertz CT molecular complexity index is 1580. The second kappa shape index (κ2) is 10.0. The van der Waals surface area contributed by atoms with E-state index in [1.54, 1.807) is 36.0 Å². The van der Waals surface area contributed by atoms with Crippen LogP contribution >= 0.6 is 11.8 Å². The van der Waals surface area contributed by atoms with Crippen molar-refractivity contribution in [2.75, 3.05) is 12.2 Å². The first-order valence-electron chi connectivity index (χ1n) is 15.7. The molecule has 8 heteroatoms. The van der Waals surface area contributed by atoms with E-state index in [0.717, 1.165) is 24.8 Å². The first-order chi connectivity index (χ1) is 21.3. The van der Waals surface area contributed by atoms with Crippen molar-refractivity contribution in [2.45, 2.75) is 76.0 Å². The summed E-state index contributed by atoms with van der Waals surface area (Å²) in [5, 5.41) is 0. The second-order valence-corrected chi connectivity index (χ2v) is 14.5. The molecule has 4 fully saturated rings. The lowest BCUT2D eigenvalue weighted by Crippen LogP contribution is -2.63. The Morgan fingerprint density at radius 1 is 1.00 bits per heavy atom. The largest absolute Gasteiger partial charge is 0.419 e. The van der Waals surface area contributed by atoms with Crippen LogP contribution in [0, 0.1) is 23.2 Å². The maximum absolute atomic E-state index is 13.5. The van der Waals surface area contributed by atoms with E-state index in [4.69, 9.17) is 23.7 Å². The van der Waals surface area contributed by atoms with Gasteiger partial charge in [0.05, 0.1) is 23.7 Å². The van der Waals surface area contributed by atoms with E-state index >= 15 is 0 Å². The summed E-state index contributed by atoms with van der Waals surface area (Å²) in [5.74, 6) is 0.919. The van der Waals surface area contributed by atoms with E-state index in [1.165, 1.54) is 0 Å². The van der Waals surface area contributed by atoms with Crippen LogP contribution in [0.1, 0.15) is 62.4 Å². The number of carbonyl (C=O) groups excluding carboxylic acids is 2. The van der Waals surface area contributed by atoms with Crippen LogP contribution in [-0.4, -0.2) is 53.6 Å². The van der Waals surface area contributed by atoms with Gasteiger partial charge < -0.3 is 23.7 Å². The summed E-state index contributed by atoms with van der Waals surface area (Å²) in [7, 11) is 0. The average Bonchev–Trinajstić information content (AvgIpc) is 3.92. The molecule has 1 unspecified atom stereocenters. The molecule has 3 heterocycles. The number of fused-ring (bicyclic) bond motifs is 4. The molecule has 0 amide bonds. The summed E-state index contributed by atoms with van der Waals surface area (Å²) in [6, 6.07) is 18.4. The van der Waals surface area contributed by atoms with Gasteiger partial charge in [-0.05, 0) is 61.3 Å². The number of carbonyl (C=O) groups is 2. The van der Waals surface area contributed by atoms with Crippen molar-refractivity contribution in [3.8, 4) is 0 Å². The molecule has 8 atom stereocenters. The van der Waals surface area contributed by atoms with Crippen molar-refractivity contribution in [1.82, 2.24) is 0 Å². The molecular formula is C36H38O7S. The summed E-state index contributed by atoms with van der Waals surface area (Å²) in [6.07, 6.45) is 5.16. The zero-order valence-corrected chi connectivity index (χ0v) is 26.4. The van der Waals surface area contributed by atoms with Crippen molar-refractivity contribution in [2.24, 2.45) is 23.2 Å². The van der Waals surface area contributed by atoms with Gasteiger partial charge in [0.1, 0.15) is 17.3 Å². The molecule has 0 radical (unpaired) electrons. The monoisotopic (exact) mass is 614 g/mol. The predicted molar refractivity (Wildman–Crippen MR) is 165 cm³/mol. The molecule has 2 saturated heterocycles. The van der Waals surface area contributed by atoms with E-state index in [-0.39, 0.29) is 52.9 Å². The van der Waals surface area contributed by atoms with Crippen molar-refractivity contribution in [3.05, 3.63) is 88.7 Å². The molecule has 0 bridgehead atoms. The Balaban J connectivity index is 1.22. The van der Waals surface area contributed by atoms with Gasteiger partial charge in [-0.1, -0.05) is 69.3 Å². The lowest BCUT2D eigenvalue weighted by Gasteiger charge is -2.55. The molecule has 0 aromatic heterocycles. The lowest BCUT2D eigenvalue weighted by atomic mass is 9.47. The normalized spacial score (nSPS) is 38.9. The number of allylic oxidation sites excluding steroid dienone is 1. The number of hydrogen-bond acceptors (Lipinski definition) is 8. The van der Waals surface area contributed by atoms with Gasteiger partial charge in [0, 0.05) is 22.6 Å². The molecule has 0 N–H and O–H groups in total. The van der Waals surface area contributed by atoms with E-state index < -0.39 is 11.6 Å². The smallest absolute Gasteiger partial charge is 0.343 e. The van der Waals surface area contributed by atoms with Crippen LogP contribution in [0.25, 0.3) is 5.76 Å². The summed E-state index contributed by atoms with van der Waals surface area (Å²) in [5.41, 5.74) is 1.80. The van der Waals surface area contributed by atoms with Gasteiger partial charge in [-0.15, -0.1) is 11.8 Å². The topological polar surface area (TPSA) is 86.9 Å². The van der Waals surface area contributed by atoms with Crippen LogP contribution in [0.15, 0.2) is 77.6 Å².